The quantitative estimate of drug-likeness (QED) is 0.398. The van der Waals surface area contributed by atoms with Gasteiger partial charge in [0, 0.05) is 25.9 Å². The third-order valence-corrected chi connectivity index (χ3v) is 7.36. The summed E-state index contributed by atoms with van der Waals surface area (Å²) in [6.45, 7) is 17.8. The number of rotatable bonds is 7. The maximum Gasteiger partial charge on any atom is 0.410 e. The maximum atomic E-state index is 13.6. The van der Waals surface area contributed by atoms with Crippen molar-refractivity contribution >= 4 is 12.1 Å². The summed E-state index contributed by atoms with van der Waals surface area (Å²) >= 11 is 0. The van der Waals surface area contributed by atoms with Crippen LogP contribution in [0, 0.1) is 29.6 Å². The van der Waals surface area contributed by atoms with Gasteiger partial charge in [-0.05, 0) is 63.7 Å². The van der Waals surface area contributed by atoms with E-state index >= 15 is 0 Å². The molecule has 2 fully saturated rings. The molecule has 0 spiro atoms. The van der Waals surface area contributed by atoms with Crippen LogP contribution in [0.25, 0.3) is 0 Å². The number of amides is 1. The molecule has 0 aromatic carbocycles. The Balaban J connectivity index is 2.17. The van der Waals surface area contributed by atoms with Crippen molar-refractivity contribution < 1.29 is 19.1 Å². The van der Waals surface area contributed by atoms with E-state index in [0.717, 1.165) is 19.3 Å². The summed E-state index contributed by atoms with van der Waals surface area (Å²) in [5.74, 6) is 1.40. The zero-order chi connectivity index (χ0) is 24.1. The highest BCUT2D eigenvalue weighted by molar-refractivity contribution is 5.74. The van der Waals surface area contributed by atoms with Gasteiger partial charge in [-0.15, -0.1) is 0 Å². The van der Waals surface area contributed by atoms with Gasteiger partial charge in [-0.1, -0.05) is 53.9 Å². The van der Waals surface area contributed by atoms with E-state index in [0.29, 0.717) is 43.7 Å². The predicted molar refractivity (Wildman–Crippen MR) is 129 cm³/mol. The molecule has 2 atom stereocenters. The Morgan fingerprint density at radius 1 is 0.969 bits per heavy atom. The molecule has 1 amide bonds. The van der Waals surface area contributed by atoms with Gasteiger partial charge in [0.25, 0.3) is 0 Å². The fourth-order valence-corrected chi connectivity index (χ4v) is 5.94. The molecule has 1 saturated carbocycles. The predicted octanol–water partition coefficient (Wildman–Crippen LogP) is 6.83. The molecule has 2 unspecified atom stereocenters. The molecule has 0 N–H and O–H groups in total. The van der Waals surface area contributed by atoms with Crippen molar-refractivity contribution in [2.75, 3.05) is 13.1 Å². The number of carbonyl (C=O) groups excluding carboxylic acids is 2. The van der Waals surface area contributed by atoms with Crippen LogP contribution in [0.2, 0.25) is 0 Å². The van der Waals surface area contributed by atoms with E-state index in [4.69, 9.17) is 9.47 Å². The largest absolute Gasteiger partial charge is 0.458 e. The molecule has 1 aliphatic carbocycles. The first-order chi connectivity index (χ1) is 14.8. The first-order valence-electron chi connectivity index (χ1n) is 13.1. The topological polar surface area (TPSA) is 55.8 Å². The molecular weight excluding hydrogens is 402 g/mol. The van der Waals surface area contributed by atoms with Crippen LogP contribution in [0.3, 0.4) is 0 Å². The van der Waals surface area contributed by atoms with Crippen LogP contribution in [0.4, 0.5) is 4.79 Å². The number of nitrogens with zero attached hydrogens (tertiary/aromatic N) is 1. The Labute approximate surface area is 197 Å². The summed E-state index contributed by atoms with van der Waals surface area (Å²) in [5, 5.41) is 0. The van der Waals surface area contributed by atoms with Gasteiger partial charge >= 0.3 is 12.1 Å². The molecule has 5 heteroatoms. The zero-order valence-corrected chi connectivity index (χ0v) is 22.0. The second-order valence-corrected chi connectivity index (χ2v) is 12.2. The average Bonchev–Trinajstić information content (AvgIpc) is 2.67. The maximum absolute atomic E-state index is 13.6. The van der Waals surface area contributed by atoms with Crippen molar-refractivity contribution in [2.24, 2.45) is 29.6 Å². The van der Waals surface area contributed by atoms with Gasteiger partial charge in [-0.3, -0.25) is 4.79 Å². The minimum atomic E-state index is -0.501. The van der Waals surface area contributed by atoms with Gasteiger partial charge in [-0.25, -0.2) is 4.79 Å². The van der Waals surface area contributed by atoms with Crippen molar-refractivity contribution in [3.05, 3.63) is 0 Å². The molecule has 1 aliphatic heterocycles. The Bertz CT molecular complexity index is 608. The number of ether oxygens (including phenoxy) is 2. The molecule has 2 rings (SSSR count). The molecule has 0 radical (unpaired) electrons. The molecule has 1 saturated heterocycles. The zero-order valence-electron chi connectivity index (χ0n) is 22.0. The minimum absolute atomic E-state index is 0.0237. The van der Waals surface area contributed by atoms with Gasteiger partial charge in [0.1, 0.15) is 11.2 Å². The van der Waals surface area contributed by atoms with Gasteiger partial charge in [-0.2, -0.15) is 0 Å². The standard InChI is InChI=1S/C27H49NO4/c1-19(2)18-21(5)23(20(3)4)24(29)31-27(22-12-10-9-11-13-22)14-16-28(17-15-27)25(30)32-26(6,7)8/h19-23H,9-18H2,1-8H3. The van der Waals surface area contributed by atoms with Gasteiger partial charge in [0.05, 0.1) is 5.92 Å². The van der Waals surface area contributed by atoms with E-state index in [9.17, 15) is 9.59 Å². The van der Waals surface area contributed by atoms with Crippen molar-refractivity contribution in [3.63, 3.8) is 0 Å². The molecule has 0 bridgehead atoms. The monoisotopic (exact) mass is 451 g/mol. The molecule has 1 heterocycles. The molecule has 0 aromatic rings. The van der Waals surface area contributed by atoms with Crippen LogP contribution in [-0.2, 0) is 14.3 Å². The summed E-state index contributed by atoms with van der Waals surface area (Å²) in [6.07, 6.45) is 8.12. The number of likely N-dealkylation sites (tertiary alicyclic amines) is 1. The van der Waals surface area contributed by atoms with E-state index in [-0.39, 0.29) is 23.9 Å². The van der Waals surface area contributed by atoms with Crippen molar-refractivity contribution in [1.82, 2.24) is 4.90 Å². The number of esters is 1. The number of piperidine rings is 1. The van der Waals surface area contributed by atoms with Crippen LogP contribution in [0.1, 0.15) is 107 Å². The van der Waals surface area contributed by atoms with Crippen molar-refractivity contribution in [2.45, 2.75) is 118 Å². The summed E-state index contributed by atoms with van der Waals surface area (Å²) < 4.78 is 12.1. The van der Waals surface area contributed by atoms with E-state index in [1.54, 1.807) is 4.90 Å². The van der Waals surface area contributed by atoms with Crippen LogP contribution in [0.15, 0.2) is 0 Å². The van der Waals surface area contributed by atoms with E-state index in [2.05, 4.69) is 34.6 Å². The van der Waals surface area contributed by atoms with Gasteiger partial charge in [0.2, 0.25) is 0 Å². The Morgan fingerprint density at radius 2 is 1.53 bits per heavy atom. The molecule has 186 valence electrons. The molecule has 5 nitrogen and oxygen atoms in total. The lowest BCUT2D eigenvalue weighted by molar-refractivity contribution is -0.184. The Hall–Kier alpha value is -1.26. The van der Waals surface area contributed by atoms with Crippen molar-refractivity contribution in [3.8, 4) is 0 Å². The second kappa shape index (κ2) is 11.2. The SMILES string of the molecule is CC(C)CC(C)C(C(=O)OC1(C2CCCCC2)CCN(C(=O)OC(C)(C)C)CC1)C(C)C. The Kier molecular flexibility index (Phi) is 9.48. The number of hydrogen-bond donors (Lipinski definition) is 0. The Morgan fingerprint density at radius 3 is 2.00 bits per heavy atom. The number of carbonyl (C=O) groups is 2. The van der Waals surface area contributed by atoms with E-state index < -0.39 is 11.2 Å². The summed E-state index contributed by atoms with van der Waals surface area (Å²) in [6, 6.07) is 0. The second-order valence-electron chi connectivity index (χ2n) is 12.2. The lowest BCUT2D eigenvalue weighted by atomic mass is 9.71. The first-order valence-corrected chi connectivity index (χ1v) is 13.1. The van der Waals surface area contributed by atoms with Gasteiger partial charge in [0.15, 0.2) is 0 Å². The smallest absolute Gasteiger partial charge is 0.410 e. The van der Waals surface area contributed by atoms with E-state index in [1.165, 1.54) is 19.3 Å². The highest BCUT2D eigenvalue weighted by Gasteiger charge is 2.47. The minimum Gasteiger partial charge on any atom is -0.458 e. The molecule has 2 aliphatic rings. The summed E-state index contributed by atoms with van der Waals surface area (Å²) in [7, 11) is 0. The molecule has 32 heavy (non-hydrogen) atoms. The summed E-state index contributed by atoms with van der Waals surface area (Å²) in [5.41, 5.74) is -0.945. The average molecular weight is 452 g/mol. The van der Waals surface area contributed by atoms with Crippen LogP contribution >= 0.6 is 0 Å². The van der Waals surface area contributed by atoms with Crippen molar-refractivity contribution in [1.29, 1.82) is 0 Å². The fraction of sp³-hybridized carbons (Fsp3) is 0.926. The normalized spacial score (nSPS) is 22.0. The van der Waals surface area contributed by atoms with Crippen LogP contribution < -0.4 is 0 Å². The lowest BCUT2D eigenvalue weighted by Gasteiger charge is -2.48. The number of hydrogen-bond acceptors (Lipinski definition) is 4. The van der Waals surface area contributed by atoms with E-state index in [1.807, 2.05) is 20.8 Å². The van der Waals surface area contributed by atoms with Gasteiger partial charge < -0.3 is 14.4 Å². The highest BCUT2D eigenvalue weighted by Crippen LogP contribution is 2.43. The van der Waals surface area contributed by atoms with Crippen LogP contribution in [-0.4, -0.2) is 41.3 Å². The highest BCUT2D eigenvalue weighted by atomic mass is 16.6. The lowest BCUT2D eigenvalue weighted by Crippen LogP contribution is -2.54. The molecular formula is C27H49NO4. The fourth-order valence-electron chi connectivity index (χ4n) is 5.94. The summed E-state index contributed by atoms with van der Waals surface area (Å²) in [4.78, 5) is 28.0. The first kappa shape index (κ1) is 27.0. The van der Waals surface area contributed by atoms with Crippen LogP contribution in [0.5, 0.6) is 0 Å². The third-order valence-electron chi connectivity index (χ3n) is 7.36. The molecule has 0 aromatic heterocycles. The third kappa shape index (κ3) is 7.38.